The molecule has 0 saturated carbocycles. The van der Waals surface area contributed by atoms with Crippen LogP contribution in [0, 0.1) is 11.3 Å². The molecule has 5 nitrogen and oxygen atoms in total. The number of anilines is 1. The lowest BCUT2D eigenvalue weighted by atomic mass is 10.2. The van der Waals surface area contributed by atoms with Crippen LogP contribution >= 0.6 is 0 Å². The highest BCUT2D eigenvalue weighted by atomic mass is 16.2. The fraction of sp³-hybridized carbons (Fsp3) is 0.600. The summed E-state index contributed by atoms with van der Waals surface area (Å²) < 4.78 is 1.77. The van der Waals surface area contributed by atoms with Crippen molar-refractivity contribution in [2.75, 3.05) is 18.8 Å². The molecule has 1 amide bonds. The predicted octanol–water partition coefficient (Wildman–Crippen LogP) is 1.91. The zero-order chi connectivity index (χ0) is 14.5. The van der Waals surface area contributed by atoms with Gasteiger partial charge in [0.1, 0.15) is 18.3 Å². The van der Waals surface area contributed by atoms with Crippen molar-refractivity contribution < 1.29 is 4.79 Å². The van der Waals surface area contributed by atoms with Crippen molar-refractivity contribution in [2.45, 2.75) is 45.6 Å². The van der Waals surface area contributed by atoms with E-state index in [-0.39, 0.29) is 12.5 Å². The van der Waals surface area contributed by atoms with Crippen molar-refractivity contribution >= 4 is 11.6 Å². The van der Waals surface area contributed by atoms with Crippen LogP contribution in [0.3, 0.4) is 0 Å². The Balaban J connectivity index is 2.16. The summed E-state index contributed by atoms with van der Waals surface area (Å²) in [5, 5.41) is 9.17. The van der Waals surface area contributed by atoms with Gasteiger partial charge in [-0.3, -0.25) is 4.79 Å². The third kappa shape index (κ3) is 2.96. The number of nitrogen functional groups attached to an aromatic ring is 1. The van der Waals surface area contributed by atoms with Crippen molar-refractivity contribution in [3.05, 3.63) is 17.5 Å². The second-order valence-electron chi connectivity index (χ2n) is 5.28. The highest BCUT2D eigenvalue weighted by Gasteiger charge is 2.19. The highest BCUT2D eigenvalue weighted by Crippen LogP contribution is 2.19. The Labute approximate surface area is 120 Å². The van der Waals surface area contributed by atoms with Crippen molar-refractivity contribution in [3.63, 3.8) is 0 Å². The number of nitrogens with two attached hydrogens (primary N) is 1. The first-order chi connectivity index (χ1) is 9.67. The standard InChI is InChI=1S/C15H22N4O/c1-2-14-13(17)9-12(10-16)19(14)11-15(20)18-7-5-3-4-6-8-18/h9H,2-8,11,17H2,1H3. The molecule has 1 aliphatic heterocycles. The third-order valence-corrected chi connectivity index (χ3v) is 3.94. The lowest BCUT2D eigenvalue weighted by Crippen LogP contribution is -2.35. The molecule has 5 heteroatoms. The van der Waals surface area contributed by atoms with Gasteiger partial charge in [-0.1, -0.05) is 19.8 Å². The molecule has 1 aliphatic rings. The molecule has 2 N–H and O–H groups in total. The molecule has 0 spiro atoms. The quantitative estimate of drug-likeness (QED) is 0.914. The molecule has 0 unspecified atom stereocenters. The van der Waals surface area contributed by atoms with E-state index < -0.39 is 0 Å². The SMILES string of the molecule is CCc1c(N)cc(C#N)n1CC(=O)N1CCCCCC1. The Morgan fingerprint density at radius 2 is 2.00 bits per heavy atom. The molecule has 1 saturated heterocycles. The average molecular weight is 274 g/mol. The van der Waals surface area contributed by atoms with Gasteiger partial charge in [-0.15, -0.1) is 0 Å². The second kappa shape index (κ2) is 6.47. The summed E-state index contributed by atoms with van der Waals surface area (Å²) in [6.45, 7) is 3.88. The van der Waals surface area contributed by atoms with Gasteiger partial charge < -0.3 is 15.2 Å². The van der Waals surface area contributed by atoms with Crippen LogP contribution in [-0.2, 0) is 17.8 Å². The fourth-order valence-electron chi connectivity index (χ4n) is 2.83. The number of hydrogen-bond donors (Lipinski definition) is 1. The first kappa shape index (κ1) is 14.4. The van der Waals surface area contributed by atoms with E-state index >= 15 is 0 Å². The lowest BCUT2D eigenvalue weighted by Gasteiger charge is -2.21. The fourth-order valence-corrected chi connectivity index (χ4v) is 2.83. The summed E-state index contributed by atoms with van der Waals surface area (Å²) in [5.74, 6) is 0.0914. The Bertz CT molecular complexity index is 519. The third-order valence-electron chi connectivity index (χ3n) is 3.94. The molecule has 0 radical (unpaired) electrons. The van der Waals surface area contributed by atoms with Gasteiger partial charge in [-0.25, -0.2) is 0 Å². The van der Waals surface area contributed by atoms with Crippen LogP contribution in [0.1, 0.15) is 44.0 Å². The van der Waals surface area contributed by atoms with Crippen LogP contribution in [0.4, 0.5) is 5.69 Å². The topological polar surface area (TPSA) is 75.0 Å². The summed E-state index contributed by atoms with van der Waals surface area (Å²) >= 11 is 0. The Hall–Kier alpha value is -1.96. The van der Waals surface area contributed by atoms with Crippen LogP contribution in [0.5, 0.6) is 0 Å². The minimum Gasteiger partial charge on any atom is -0.397 e. The summed E-state index contributed by atoms with van der Waals surface area (Å²) in [6, 6.07) is 3.79. The Morgan fingerprint density at radius 1 is 1.35 bits per heavy atom. The monoisotopic (exact) mass is 274 g/mol. The van der Waals surface area contributed by atoms with Crippen molar-refractivity contribution in [1.82, 2.24) is 9.47 Å². The van der Waals surface area contributed by atoms with E-state index in [4.69, 9.17) is 11.0 Å². The number of aromatic nitrogens is 1. The smallest absolute Gasteiger partial charge is 0.242 e. The minimum absolute atomic E-state index is 0.0914. The molecule has 2 heterocycles. The minimum atomic E-state index is 0.0914. The number of hydrogen-bond acceptors (Lipinski definition) is 3. The largest absolute Gasteiger partial charge is 0.397 e. The molecule has 0 aromatic carbocycles. The molecular formula is C15H22N4O. The highest BCUT2D eigenvalue weighted by molar-refractivity contribution is 5.76. The van der Waals surface area contributed by atoms with Gasteiger partial charge in [-0.2, -0.15) is 5.26 Å². The van der Waals surface area contributed by atoms with Crippen LogP contribution < -0.4 is 5.73 Å². The average Bonchev–Trinajstić information content (AvgIpc) is 2.63. The van der Waals surface area contributed by atoms with E-state index in [0.29, 0.717) is 11.4 Å². The first-order valence-corrected chi connectivity index (χ1v) is 7.33. The molecule has 108 valence electrons. The van der Waals surface area contributed by atoms with E-state index in [0.717, 1.165) is 38.0 Å². The second-order valence-corrected chi connectivity index (χ2v) is 5.28. The first-order valence-electron chi connectivity index (χ1n) is 7.33. The summed E-state index contributed by atoms with van der Waals surface area (Å²) in [4.78, 5) is 14.3. The number of nitriles is 1. The molecular weight excluding hydrogens is 252 g/mol. The number of rotatable bonds is 3. The zero-order valence-electron chi connectivity index (χ0n) is 12.1. The van der Waals surface area contributed by atoms with Gasteiger partial charge in [0.15, 0.2) is 0 Å². The number of carbonyl (C=O) groups excluding carboxylic acids is 1. The van der Waals surface area contributed by atoms with E-state index in [1.54, 1.807) is 10.6 Å². The van der Waals surface area contributed by atoms with Crippen molar-refractivity contribution in [2.24, 2.45) is 0 Å². The summed E-state index contributed by atoms with van der Waals surface area (Å²) in [7, 11) is 0. The van der Waals surface area contributed by atoms with Gasteiger partial charge in [0.25, 0.3) is 0 Å². The number of amides is 1. The summed E-state index contributed by atoms with van der Waals surface area (Å²) in [6.07, 6.45) is 5.27. The number of carbonyl (C=O) groups is 1. The normalized spacial score (nSPS) is 15.7. The van der Waals surface area contributed by atoms with Gasteiger partial charge in [0.05, 0.1) is 5.69 Å². The molecule has 20 heavy (non-hydrogen) atoms. The Kier molecular flexibility index (Phi) is 4.67. The Morgan fingerprint density at radius 3 is 2.55 bits per heavy atom. The van der Waals surface area contributed by atoms with Crippen LogP contribution in [-0.4, -0.2) is 28.5 Å². The van der Waals surface area contributed by atoms with Crippen molar-refractivity contribution in [1.29, 1.82) is 5.26 Å². The van der Waals surface area contributed by atoms with Gasteiger partial charge >= 0.3 is 0 Å². The number of likely N-dealkylation sites (tertiary alicyclic amines) is 1. The predicted molar refractivity (Wildman–Crippen MR) is 78.0 cm³/mol. The molecule has 0 aliphatic carbocycles. The number of nitrogens with zero attached hydrogens (tertiary/aromatic N) is 3. The van der Waals surface area contributed by atoms with Crippen LogP contribution in [0.2, 0.25) is 0 Å². The molecule has 0 bridgehead atoms. The zero-order valence-corrected chi connectivity index (χ0v) is 12.1. The van der Waals surface area contributed by atoms with Gasteiger partial charge in [-0.05, 0) is 25.3 Å². The maximum absolute atomic E-state index is 12.4. The maximum Gasteiger partial charge on any atom is 0.242 e. The molecule has 1 fully saturated rings. The van der Waals surface area contributed by atoms with Crippen LogP contribution in [0.25, 0.3) is 0 Å². The lowest BCUT2D eigenvalue weighted by molar-refractivity contribution is -0.131. The van der Waals surface area contributed by atoms with Crippen LogP contribution in [0.15, 0.2) is 6.07 Å². The molecule has 0 atom stereocenters. The molecule has 2 rings (SSSR count). The van der Waals surface area contributed by atoms with Gasteiger partial charge in [0.2, 0.25) is 5.91 Å². The maximum atomic E-state index is 12.4. The molecule has 1 aromatic heterocycles. The van der Waals surface area contributed by atoms with E-state index in [1.165, 1.54) is 12.8 Å². The van der Waals surface area contributed by atoms with Gasteiger partial charge in [0, 0.05) is 18.8 Å². The van der Waals surface area contributed by atoms with E-state index in [1.807, 2.05) is 11.8 Å². The molecule has 1 aromatic rings. The van der Waals surface area contributed by atoms with Crippen molar-refractivity contribution in [3.8, 4) is 6.07 Å². The summed E-state index contributed by atoms with van der Waals surface area (Å²) in [5.41, 5.74) is 7.87. The van der Waals surface area contributed by atoms with E-state index in [9.17, 15) is 4.79 Å². The van der Waals surface area contributed by atoms with E-state index in [2.05, 4.69) is 6.07 Å².